The highest BCUT2D eigenvalue weighted by Crippen LogP contribution is 2.57. The molecule has 3 nitrogen and oxygen atoms in total. The SMILES string of the molecule is CC(C)(C)[Si](C)(C)OCC1CCC(C2(OC(CO)c3cc(C(F)(F)F)cc(C(F)(F)F)c3)CCCC2c2ccc(F)cc2)C1. The normalized spacial score (nSPS) is 25.9. The van der Waals surface area contributed by atoms with Gasteiger partial charge in [-0.2, -0.15) is 26.3 Å². The number of hydrogen-bond acceptors (Lipinski definition) is 3. The van der Waals surface area contributed by atoms with Gasteiger partial charge in [0, 0.05) is 12.5 Å². The topological polar surface area (TPSA) is 38.7 Å². The molecule has 0 heterocycles. The predicted octanol–water partition coefficient (Wildman–Crippen LogP) is 10.1. The summed E-state index contributed by atoms with van der Waals surface area (Å²) in [6.07, 6.45) is -7.33. The molecule has 1 N–H and O–H groups in total. The summed E-state index contributed by atoms with van der Waals surface area (Å²) in [6, 6.07) is 7.36. The monoisotopic (exact) mass is 648 g/mol. The minimum Gasteiger partial charge on any atom is -0.417 e. The maximum atomic E-state index is 13.9. The van der Waals surface area contributed by atoms with Crippen LogP contribution < -0.4 is 0 Å². The van der Waals surface area contributed by atoms with E-state index in [9.17, 15) is 35.8 Å². The first-order valence-corrected chi connectivity index (χ1v) is 18.1. The minimum atomic E-state index is -5.03. The molecule has 2 aliphatic rings. The molecule has 0 aromatic heterocycles. The second-order valence-electron chi connectivity index (χ2n) is 14.0. The second kappa shape index (κ2) is 12.7. The van der Waals surface area contributed by atoms with Gasteiger partial charge in [-0.05, 0) is 110 Å². The van der Waals surface area contributed by atoms with E-state index in [0.717, 1.165) is 18.4 Å². The molecule has 44 heavy (non-hydrogen) atoms. The third kappa shape index (κ3) is 7.53. The molecule has 4 rings (SSSR count). The molecule has 5 atom stereocenters. The fraction of sp³-hybridized carbons (Fsp3) is 0.636. The van der Waals surface area contributed by atoms with Crippen LogP contribution in [0.15, 0.2) is 42.5 Å². The summed E-state index contributed by atoms with van der Waals surface area (Å²) >= 11 is 0. The van der Waals surface area contributed by atoms with Crippen molar-refractivity contribution in [3.8, 4) is 0 Å². The summed E-state index contributed by atoms with van der Waals surface area (Å²) < 4.78 is 109. The fourth-order valence-electron chi connectivity index (χ4n) is 6.72. The lowest BCUT2D eigenvalue weighted by molar-refractivity contribution is -0.151. The molecule has 0 aliphatic heterocycles. The third-order valence-corrected chi connectivity index (χ3v) is 14.7. The maximum absolute atomic E-state index is 13.9. The van der Waals surface area contributed by atoms with E-state index in [-0.39, 0.29) is 34.4 Å². The zero-order valence-corrected chi connectivity index (χ0v) is 26.9. The third-order valence-electron chi connectivity index (χ3n) is 10.2. The van der Waals surface area contributed by atoms with Crippen molar-refractivity contribution < 1.29 is 45.0 Å². The number of rotatable bonds is 9. The molecule has 0 radical (unpaired) electrons. The highest BCUT2D eigenvalue weighted by molar-refractivity contribution is 6.74. The first-order chi connectivity index (χ1) is 20.3. The summed E-state index contributed by atoms with van der Waals surface area (Å²) in [5, 5.41) is 10.5. The van der Waals surface area contributed by atoms with Gasteiger partial charge in [0.1, 0.15) is 11.9 Å². The molecule has 2 fully saturated rings. The van der Waals surface area contributed by atoms with Gasteiger partial charge in [-0.1, -0.05) is 32.9 Å². The number of aliphatic hydroxyl groups is 1. The minimum absolute atomic E-state index is 0.0308. The molecule has 2 aromatic rings. The van der Waals surface area contributed by atoms with Gasteiger partial charge in [-0.3, -0.25) is 0 Å². The summed E-state index contributed by atoms with van der Waals surface area (Å²) in [7, 11) is -2.02. The summed E-state index contributed by atoms with van der Waals surface area (Å²) in [4.78, 5) is 0. The molecule has 246 valence electrons. The van der Waals surface area contributed by atoms with E-state index < -0.39 is 55.9 Å². The lowest BCUT2D eigenvalue weighted by Gasteiger charge is -2.44. The van der Waals surface area contributed by atoms with Gasteiger partial charge in [0.15, 0.2) is 8.32 Å². The smallest absolute Gasteiger partial charge is 0.416 e. The van der Waals surface area contributed by atoms with E-state index in [1.54, 1.807) is 12.1 Å². The van der Waals surface area contributed by atoms with Gasteiger partial charge in [0.05, 0.1) is 23.3 Å². The second-order valence-corrected chi connectivity index (χ2v) is 18.8. The molecule has 5 unspecified atom stereocenters. The Bertz CT molecular complexity index is 1240. The number of ether oxygens (including phenoxy) is 1. The largest absolute Gasteiger partial charge is 0.417 e. The molecule has 0 saturated heterocycles. The highest BCUT2D eigenvalue weighted by Gasteiger charge is 2.53. The summed E-state index contributed by atoms with van der Waals surface area (Å²) in [5.41, 5.74) is -3.48. The molecule has 0 spiro atoms. The highest BCUT2D eigenvalue weighted by atomic mass is 28.4. The summed E-state index contributed by atoms with van der Waals surface area (Å²) in [6.45, 7) is 10.6. The van der Waals surface area contributed by atoms with Gasteiger partial charge >= 0.3 is 12.4 Å². The number of halogens is 7. The van der Waals surface area contributed by atoms with E-state index in [2.05, 4.69) is 33.9 Å². The van der Waals surface area contributed by atoms with Crippen LogP contribution in [0.1, 0.15) is 93.6 Å². The van der Waals surface area contributed by atoms with Crippen LogP contribution in [0.3, 0.4) is 0 Å². The molecule has 11 heteroatoms. The van der Waals surface area contributed by atoms with Crippen molar-refractivity contribution in [3.63, 3.8) is 0 Å². The van der Waals surface area contributed by atoms with E-state index in [0.29, 0.717) is 44.4 Å². The van der Waals surface area contributed by atoms with Crippen LogP contribution in [-0.2, 0) is 21.5 Å². The lowest BCUT2D eigenvalue weighted by atomic mass is 9.74. The Hall–Kier alpha value is -1.95. The average Bonchev–Trinajstić information content (AvgIpc) is 3.57. The van der Waals surface area contributed by atoms with E-state index in [4.69, 9.17) is 9.16 Å². The van der Waals surface area contributed by atoms with Gasteiger partial charge < -0.3 is 14.3 Å². The van der Waals surface area contributed by atoms with Crippen LogP contribution in [0.4, 0.5) is 30.7 Å². The number of hydrogen-bond donors (Lipinski definition) is 1. The first-order valence-electron chi connectivity index (χ1n) is 15.2. The van der Waals surface area contributed by atoms with Gasteiger partial charge in [-0.25, -0.2) is 4.39 Å². The van der Waals surface area contributed by atoms with Crippen LogP contribution in [0.2, 0.25) is 18.1 Å². The fourth-order valence-corrected chi connectivity index (χ4v) is 7.81. The molecular weight excluding hydrogens is 605 g/mol. The van der Waals surface area contributed by atoms with Crippen LogP contribution in [0, 0.1) is 17.7 Å². The molecule has 2 aliphatic carbocycles. The number of alkyl halides is 6. The Morgan fingerprint density at radius 1 is 0.909 bits per heavy atom. The van der Waals surface area contributed by atoms with Crippen molar-refractivity contribution >= 4 is 8.32 Å². The van der Waals surface area contributed by atoms with Crippen molar-refractivity contribution in [1.29, 1.82) is 0 Å². The van der Waals surface area contributed by atoms with Gasteiger partial charge in [0.2, 0.25) is 0 Å². The van der Waals surface area contributed by atoms with Crippen molar-refractivity contribution in [1.82, 2.24) is 0 Å². The van der Waals surface area contributed by atoms with Crippen molar-refractivity contribution in [2.45, 2.75) is 107 Å². The molecule has 0 amide bonds. The Morgan fingerprint density at radius 3 is 2.02 bits per heavy atom. The molecule has 2 aromatic carbocycles. The maximum Gasteiger partial charge on any atom is 0.416 e. The van der Waals surface area contributed by atoms with Crippen LogP contribution in [0.5, 0.6) is 0 Å². The Morgan fingerprint density at radius 2 is 1.50 bits per heavy atom. The number of aliphatic hydroxyl groups excluding tert-OH is 1. The predicted molar refractivity (Wildman–Crippen MR) is 157 cm³/mol. The zero-order valence-electron chi connectivity index (χ0n) is 25.9. The summed E-state index contributed by atoms with van der Waals surface area (Å²) in [5.74, 6) is -0.578. The van der Waals surface area contributed by atoms with Gasteiger partial charge in [0.25, 0.3) is 0 Å². The quantitative estimate of drug-likeness (QED) is 0.217. The Labute approximate surface area is 256 Å². The average molecular weight is 649 g/mol. The van der Waals surface area contributed by atoms with E-state index in [1.807, 2.05) is 0 Å². The Kier molecular flexibility index (Phi) is 10.1. The van der Waals surface area contributed by atoms with Crippen LogP contribution in [-0.4, -0.2) is 32.2 Å². The first kappa shape index (κ1) is 34.9. The van der Waals surface area contributed by atoms with Crippen molar-refractivity contribution in [2.24, 2.45) is 11.8 Å². The van der Waals surface area contributed by atoms with Crippen molar-refractivity contribution in [2.75, 3.05) is 13.2 Å². The van der Waals surface area contributed by atoms with Crippen molar-refractivity contribution in [3.05, 3.63) is 70.5 Å². The van der Waals surface area contributed by atoms with E-state index >= 15 is 0 Å². The molecular formula is C33H43F7O3Si. The standard InChI is InChI=1S/C33H43F7O3Si/c1-30(2,3)44(4,5)42-20-21-8-11-24(15-21)31(14-6-7-28(31)22-9-12-27(34)13-10-22)43-29(19-41)23-16-25(32(35,36)37)18-26(17-23)33(38,39)40/h9-10,12-13,16-18,21,24,28-29,41H,6-8,11,14-15,19-20H2,1-5H3. The van der Waals surface area contributed by atoms with Crippen LogP contribution in [0.25, 0.3) is 0 Å². The van der Waals surface area contributed by atoms with E-state index in [1.165, 1.54) is 12.1 Å². The van der Waals surface area contributed by atoms with Gasteiger partial charge in [-0.15, -0.1) is 0 Å². The zero-order chi connectivity index (χ0) is 32.7. The Balaban J connectivity index is 1.71. The number of benzene rings is 2. The lowest BCUT2D eigenvalue weighted by Crippen LogP contribution is -2.44. The molecule has 0 bridgehead atoms. The molecule has 2 saturated carbocycles. The van der Waals surface area contributed by atoms with Crippen LogP contribution >= 0.6 is 0 Å².